The van der Waals surface area contributed by atoms with Crippen molar-refractivity contribution in [2.24, 2.45) is 5.84 Å². The van der Waals surface area contributed by atoms with Crippen LogP contribution < -0.4 is 21.9 Å². The van der Waals surface area contributed by atoms with Crippen molar-refractivity contribution in [2.45, 2.75) is 32.5 Å². The molecular weight excluding hydrogens is 418 g/mol. The number of rotatable bonds is 3. The smallest absolute Gasteiger partial charge is 0.300 e. The van der Waals surface area contributed by atoms with E-state index in [-0.39, 0.29) is 11.4 Å². The molecular formula is C21H25N5O4S. The Kier molecular flexibility index (Phi) is 4.89. The Morgan fingerprint density at radius 2 is 2.03 bits per heavy atom. The predicted molar refractivity (Wildman–Crippen MR) is 119 cm³/mol. The van der Waals surface area contributed by atoms with Crippen LogP contribution >= 0.6 is 11.3 Å². The zero-order valence-corrected chi connectivity index (χ0v) is 18.3. The largest absolute Gasteiger partial charge is 0.450 e. The van der Waals surface area contributed by atoms with E-state index in [0.29, 0.717) is 31.3 Å². The van der Waals surface area contributed by atoms with Gasteiger partial charge in [0.2, 0.25) is 0 Å². The number of nitrogens with one attached hydrogen (secondary N) is 1. The second-order valence-electron chi connectivity index (χ2n) is 8.38. The number of hydrogen-bond donors (Lipinski definition) is 3. The SMILES string of the molecule is CC1(C)Cc2c(c(N3CCOCC3)nc3sc(-c4ccc(C(=O)NN)o4)c(N)c23)CO1. The van der Waals surface area contributed by atoms with Gasteiger partial charge in [-0.1, -0.05) is 0 Å². The first-order valence-corrected chi connectivity index (χ1v) is 11.0. The summed E-state index contributed by atoms with van der Waals surface area (Å²) >= 11 is 1.47. The van der Waals surface area contributed by atoms with E-state index in [9.17, 15) is 4.79 Å². The van der Waals surface area contributed by atoms with Gasteiger partial charge in [0, 0.05) is 30.5 Å². The Morgan fingerprint density at radius 1 is 1.26 bits per heavy atom. The maximum absolute atomic E-state index is 11.8. The van der Waals surface area contributed by atoms with Crippen LogP contribution in [0.2, 0.25) is 0 Å². The first kappa shape index (κ1) is 20.3. The molecule has 2 aliphatic heterocycles. The van der Waals surface area contributed by atoms with Crippen LogP contribution in [0.15, 0.2) is 16.5 Å². The molecule has 0 saturated carbocycles. The van der Waals surface area contributed by atoms with Crippen molar-refractivity contribution < 1.29 is 18.7 Å². The minimum Gasteiger partial charge on any atom is -0.450 e. The van der Waals surface area contributed by atoms with Crippen LogP contribution in [-0.4, -0.2) is 42.8 Å². The number of morpholine rings is 1. The van der Waals surface area contributed by atoms with Gasteiger partial charge in [-0.2, -0.15) is 0 Å². The number of carbonyl (C=O) groups is 1. The van der Waals surface area contributed by atoms with Crippen LogP contribution in [0.4, 0.5) is 11.5 Å². The fourth-order valence-corrected chi connectivity index (χ4v) is 5.30. The number of anilines is 2. The zero-order valence-electron chi connectivity index (χ0n) is 17.5. The molecule has 31 heavy (non-hydrogen) atoms. The van der Waals surface area contributed by atoms with E-state index in [1.54, 1.807) is 12.1 Å². The Labute approximate surface area is 183 Å². The highest BCUT2D eigenvalue weighted by Gasteiger charge is 2.33. The molecule has 1 fully saturated rings. The molecule has 164 valence electrons. The normalized spacial score (nSPS) is 18.2. The number of fused-ring (bicyclic) bond motifs is 3. The number of carbonyl (C=O) groups excluding carboxylic acids is 1. The van der Waals surface area contributed by atoms with Crippen LogP contribution in [0.1, 0.15) is 35.5 Å². The van der Waals surface area contributed by atoms with Crippen molar-refractivity contribution in [3.8, 4) is 10.6 Å². The minimum absolute atomic E-state index is 0.132. The van der Waals surface area contributed by atoms with E-state index < -0.39 is 5.91 Å². The fraction of sp³-hybridized carbons (Fsp3) is 0.429. The lowest BCUT2D eigenvalue weighted by Crippen LogP contribution is -2.39. The number of nitrogen functional groups attached to an aromatic ring is 2. The van der Waals surface area contributed by atoms with Gasteiger partial charge in [0.05, 0.1) is 36.0 Å². The monoisotopic (exact) mass is 443 g/mol. The Balaban J connectivity index is 1.69. The molecule has 9 nitrogen and oxygen atoms in total. The number of aromatic nitrogens is 1. The molecule has 5 N–H and O–H groups in total. The highest BCUT2D eigenvalue weighted by atomic mass is 32.1. The van der Waals surface area contributed by atoms with E-state index in [4.69, 9.17) is 30.5 Å². The third kappa shape index (κ3) is 3.45. The average molecular weight is 444 g/mol. The molecule has 0 aliphatic carbocycles. The summed E-state index contributed by atoms with van der Waals surface area (Å²) < 4.78 is 17.4. The maximum Gasteiger partial charge on any atom is 0.300 e. The average Bonchev–Trinajstić information content (AvgIpc) is 3.37. The molecule has 0 atom stereocenters. The molecule has 10 heteroatoms. The number of hydrogen-bond acceptors (Lipinski definition) is 9. The summed E-state index contributed by atoms with van der Waals surface area (Å²) in [4.78, 5) is 20.7. The molecule has 0 unspecified atom stereocenters. The van der Waals surface area contributed by atoms with Gasteiger partial charge in [-0.15, -0.1) is 11.3 Å². The lowest BCUT2D eigenvalue weighted by molar-refractivity contribution is -0.0396. The summed E-state index contributed by atoms with van der Waals surface area (Å²) in [5.41, 5.74) is 11.3. The quantitative estimate of drug-likeness (QED) is 0.320. The number of ether oxygens (including phenoxy) is 2. The van der Waals surface area contributed by atoms with Crippen molar-refractivity contribution >= 4 is 39.0 Å². The van der Waals surface area contributed by atoms with Crippen LogP contribution in [0.3, 0.4) is 0 Å². The first-order chi connectivity index (χ1) is 14.9. The summed E-state index contributed by atoms with van der Waals surface area (Å²) in [6.45, 7) is 7.60. The maximum atomic E-state index is 11.8. The van der Waals surface area contributed by atoms with Gasteiger partial charge in [0.1, 0.15) is 16.4 Å². The van der Waals surface area contributed by atoms with Crippen molar-refractivity contribution in [3.63, 3.8) is 0 Å². The summed E-state index contributed by atoms with van der Waals surface area (Å²) in [5, 5.41) is 0.949. The minimum atomic E-state index is -0.491. The van der Waals surface area contributed by atoms with Crippen molar-refractivity contribution in [2.75, 3.05) is 36.9 Å². The third-order valence-corrected chi connectivity index (χ3v) is 6.89. The molecule has 0 spiro atoms. The van der Waals surface area contributed by atoms with E-state index in [0.717, 1.165) is 46.0 Å². The van der Waals surface area contributed by atoms with Crippen LogP contribution in [0.25, 0.3) is 20.9 Å². The lowest BCUT2D eigenvalue weighted by atomic mass is 9.89. The van der Waals surface area contributed by atoms with E-state index in [1.165, 1.54) is 16.9 Å². The van der Waals surface area contributed by atoms with E-state index >= 15 is 0 Å². The Hall–Kier alpha value is -2.66. The highest BCUT2D eigenvalue weighted by molar-refractivity contribution is 7.22. The summed E-state index contributed by atoms with van der Waals surface area (Å²) in [5.74, 6) is 6.32. The first-order valence-electron chi connectivity index (χ1n) is 10.2. The Bertz CT molecular complexity index is 1160. The molecule has 3 aromatic heterocycles. The van der Waals surface area contributed by atoms with Gasteiger partial charge in [0.15, 0.2) is 5.76 Å². The van der Waals surface area contributed by atoms with Gasteiger partial charge >= 0.3 is 5.91 Å². The van der Waals surface area contributed by atoms with Crippen LogP contribution in [0, 0.1) is 0 Å². The molecule has 0 bridgehead atoms. The number of furan rings is 1. The molecule has 0 aromatic carbocycles. The molecule has 1 saturated heterocycles. The van der Waals surface area contributed by atoms with Gasteiger partial charge in [-0.25, -0.2) is 10.8 Å². The summed E-state index contributed by atoms with van der Waals surface area (Å²) in [7, 11) is 0. The molecule has 1 amide bonds. The highest BCUT2D eigenvalue weighted by Crippen LogP contribution is 2.47. The fourth-order valence-electron chi connectivity index (χ4n) is 4.22. The number of amides is 1. The van der Waals surface area contributed by atoms with E-state index in [2.05, 4.69) is 24.2 Å². The molecule has 2 aliphatic rings. The van der Waals surface area contributed by atoms with Crippen molar-refractivity contribution in [1.29, 1.82) is 0 Å². The number of pyridine rings is 1. The molecule has 5 heterocycles. The van der Waals surface area contributed by atoms with Gasteiger partial charge in [-0.05, 0) is 31.5 Å². The molecule has 5 rings (SSSR count). The third-order valence-electron chi connectivity index (χ3n) is 5.78. The molecule has 3 aromatic rings. The summed E-state index contributed by atoms with van der Waals surface area (Å²) in [6, 6.07) is 3.31. The zero-order chi connectivity index (χ0) is 21.8. The predicted octanol–water partition coefficient (Wildman–Crippen LogP) is 2.43. The number of nitrogens with zero attached hydrogens (tertiary/aromatic N) is 2. The van der Waals surface area contributed by atoms with Gasteiger partial charge < -0.3 is 24.5 Å². The van der Waals surface area contributed by atoms with Crippen molar-refractivity contribution in [1.82, 2.24) is 10.4 Å². The standard InChI is InChI=1S/C21H25N5O4S/c1-21(2)9-11-12(10-29-21)18(26-5-7-28-8-6-26)24-20-15(11)16(22)17(31-20)13-3-4-14(30-13)19(27)25-23/h3-4H,5-10,22-23H2,1-2H3,(H,25,27). The topological polar surface area (TPSA) is 129 Å². The second-order valence-corrected chi connectivity index (χ2v) is 9.38. The van der Waals surface area contributed by atoms with Crippen LogP contribution in [-0.2, 0) is 22.5 Å². The van der Waals surface area contributed by atoms with E-state index in [1.807, 2.05) is 0 Å². The van der Waals surface area contributed by atoms with Crippen LogP contribution in [0.5, 0.6) is 0 Å². The number of thiophene rings is 1. The van der Waals surface area contributed by atoms with Crippen molar-refractivity contribution in [3.05, 3.63) is 29.0 Å². The Morgan fingerprint density at radius 3 is 2.77 bits per heavy atom. The number of nitrogens with two attached hydrogens (primary N) is 2. The van der Waals surface area contributed by atoms with Gasteiger partial charge in [0.25, 0.3) is 0 Å². The summed E-state index contributed by atoms with van der Waals surface area (Å²) in [6.07, 6.45) is 0.734. The number of hydrazine groups is 1. The second kappa shape index (κ2) is 7.49. The lowest BCUT2D eigenvalue weighted by Gasteiger charge is -2.36. The van der Waals surface area contributed by atoms with Gasteiger partial charge in [-0.3, -0.25) is 10.2 Å². The molecule has 0 radical (unpaired) electrons.